The van der Waals surface area contributed by atoms with Gasteiger partial charge in [0.25, 0.3) is 5.69 Å². The number of halogens is 1. The van der Waals surface area contributed by atoms with E-state index < -0.39 is 16.7 Å². The first kappa shape index (κ1) is 11.8. The highest BCUT2D eigenvalue weighted by Gasteiger charge is 2.11. The predicted octanol–water partition coefficient (Wildman–Crippen LogP) is 2.22. The third-order valence-corrected chi connectivity index (χ3v) is 1.78. The van der Waals surface area contributed by atoms with E-state index in [1.807, 2.05) is 0 Å². The topological polar surface area (TPSA) is 80.4 Å². The summed E-state index contributed by atoms with van der Waals surface area (Å²) in [5.74, 6) is -1.67. The highest BCUT2D eigenvalue weighted by molar-refractivity contribution is 5.71. The molecule has 1 rings (SSSR count). The molecular formula is C10H8FNO4. The second-order valence-electron chi connectivity index (χ2n) is 2.96. The number of carboxylic acid groups (broad SMARTS) is 1. The van der Waals surface area contributed by atoms with Crippen LogP contribution in [0.5, 0.6) is 0 Å². The van der Waals surface area contributed by atoms with Gasteiger partial charge < -0.3 is 5.11 Å². The Morgan fingerprint density at radius 3 is 2.81 bits per heavy atom. The summed E-state index contributed by atoms with van der Waals surface area (Å²) in [6, 6.07) is 3.00. The largest absolute Gasteiger partial charge is 0.481 e. The standard InChI is InChI=1S/C10H8FNO4/c11-8-4-5-9(12(15)16)7(6-8)2-1-3-10(13)14/h1-2,4-6H,3H2,(H,13,14). The first-order chi connectivity index (χ1) is 7.50. The van der Waals surface area contributed by atoms with Gasteiger partial charge in [0, 0.05) is 6.07 Å². The van der Waals surface area contributed by atoms with Crippen molar-refractivity contribution in [2.24, 2.45) is 0 Å². The van der Waals surface area contributed by atoms with Crippen LogP contribution in [0.4, 0.5) is 10.1 Å². The Labute approximate surface area is 90.0 Å². The van der Waals surface area contributed by atoms with Crippen molar-refractivity contribution in [2.75, 3.05) is 0 Å². The van der Waals surface area contributed by atoms with E-state index in [1.165, 1.54) is 12.2 Å². The molecule has 0 heterocycles. The number of nitrogens with zero attached hydrogens (tertiary/aromatic N) is 1. The number of rotatable bonds is 4. The lowest BCUT2D eigenvalue weighted by Gasteiger charge is -1.97. The number of hydrogen-bond donors (Lipinski definition) is 1. The van der Waals surface area contributed by atoms with Gasteiger partial charge in [0.05, 0.1) is 16.9 Å². The van der Waals surface area contributed by atoms with Gasteiger partial charge in [-0.25, -0.2) is 4.39 Å². The normalized spacial score (nSPS) is 10.6. The van der Waals surface area contributed by atoms with Crippen molar-refractivity contribution in [2.45, 2.75) is 6.42 Å². The highest BCUT2D eigenvalue weighted by atomic mass is 19.1. The van der Waals surface area contributed by atoms with Crippen LogP contribution in [0, 0.1) is 15.9 Å². The third kappa shape index (κ3) is 3.16. The Morgan fingerprint density at radius 2 is 2.25 bits per heavy atom. The molecule has 0 aromatic heterocycles. The van der Waals surface area contributed by atoms with Crippen LogP contribution in [0.1, 0.15) is 12.0 Å². The molecule has 84 valence electrons. The van der Waals surface area contributed by atoms with Crippen molar-refractivity contribution in [3.8, 4) is 0 Å². The maximum absolute atomic E-state index is 12.8. The summed E-state index contributed by atoms with van der Waals surface area (Å²) in [5, 5.41) is 18.9. The third-order valence-electron chi connectivity index (χ3n) is 1.78. The number of nitro benzene ring substituents is 1. The van der Waals surface area contributed by atoms with Crippen LogP contribution in [-0.2, 0) is 4.79 Å². The van der Waals surface area contributed by atoms with Crippen LogP contribution >= 0.6 is 0 Å². The number of carboxylic acids is 1. The number of aliphatic carboxylic acids is 1. The molecule has 0 radical (unpaired) electrons. The van der Waals surface area contributed by atoms with Crippen molar-refractivity contribution in [3.05, 3.63) is 45.8 Å². The summed E-state index contributed by atoms with van der Waals surface area (Å²) in [6.45, 7) is 0. The van der Waals surface area contributed by atoms with Crippen molar-refractivity contribution in [3.63, 3.8) is 0 Å². The van der Waals surface area contributed by atoms with Crippen molar-refractivity contribution < 1.29 is 19.2 Å². The van der Waals surface area contributed by atoms with Gasteiger partial charge in [-0.3, -0.25) is 14.9 Å². The molecule has 0 atom stereocenters. The number of nitro groups is 1. The van der Waals surface area contributed by atoms with Crippen LogP contribution < -0.4 is 0 Å². The SMILES string of the molecule is O=C(O)CC=Cc1cc(F)ccc1[N+](=O)[O-]. The van der Waals surface area contributed by atoms with Crippen LogP contribution in [0.2, 0.25) is 0 Å². The lowest BCUT2D eigenvalue weighted by atomic mass is 10.1. The smallest absolute Gasteiger partial charge is 0.307 e. The number of benzene rings is 1. The quantitative estimate of drug-likeness (QED) is 0.629. The zero-order valence-corrected chi connectivity index (χ0v) is 8.09. The maximum Gasteiger partial charge on any atom is 0.307 e. The molecule has 0 fully saturated rings. The van der Waals surface area contributed by atoms with Crippen LogP contribution in [0.3, 0.4) is 0 Å². The van der Waals surface area contributed by atoms with Gasteiger partial charge in [0.1, 0.15) is 5.82 Å². The fourth-order valence-corrected chi connectivity index (χ4v) is 1.11. The zero-order valence-electron chi connectivity index (χ0n) is 8.09. The van der Waals surface area contributed by atoms with E-state index in [1.54, 1.807) is 0 Å². The average Bonchev–Trinajstić information content (AvgIpc) is 2.16. The van der Waals surface area contributed by atoms with Crippen molar-refractivity contribution in [1.82, 2.24) is 0 Å². The number of carbonyl (C=O) groups is 1. The highest BCUT2D eigenvalue weighted by Crippen LogP contribution is 2.20. The monoisotopic (exact) mass is 225 g/mol. The molecule has 16 heavy (non-hydrogen) atoms. The van der Waals surface area contributed by atoms with Gasteiger partial charge in [-0.1, -0.05) is 12.2 Å². The summed E-state index contributed by atoms with van der Waals surface area (Å²) in [7, 11) is 0. The molecule has 0 spiro atoms. The van der Waals surface area contributed by atoms with Gasteiger partial charge in [-0.05, 0) is 12.1 Å². The van der Waals surface area contributed by atoms with Gasteiger partial charge >= 0.3 is 5.97 Å². The molecule has 0 aliphatic heterocycles. The Bertz CT molecular complexity index is 456. The van der Waals surface area contributed by atoms with Crippen LogP contribution in [0.25, 0.3) is 6.08 Å². The van der Waals surface area contributed by atoms with Crippen LogP contribution in [-0.4, -0.2) is 16.0 Å². The minimum atomic E-state index is -1.06. The predicted molar refractivity (Wildman–Crippen MR) is 54.3 cm³/mol. The minimum absolute atomic E-state index is 0.0475. The zero-order chi connectivity index (χ0) is 12.1. The summed E-state index contributed by atoms with van der Waals surface area (Å²) in [4.78, 5) is 20.1. The van der Waals surface area contributed by atoms with Gasteiger partial charge in [-0.15, -0.1) is 0 Å². The van der Waals surface area contributed by atoms with E-state index in [0.29, 0.717) is 0 Å². The van der Waals surface area contributed by atoms with Gasteiger partial charge in [0.15, 0.2) is 0 Å². The fraction of sp³-hybridized carbons (Fsp3) is 0.100. The lowest BCUT2D eigenvalue weighted by molar-refractivity contribution is -0.385. The summed E-state index contributed by atoms with van der Waals surface area (Å²) in [6.07, 6.45) is 2.17. The fourth-order valence-electron chi connectivity index (χ4n) is 1.11. The minimum Gasteiger partial charge on any atom is -0.481 e. The molecule has 5 nitrogen and oxygen atoms in total. The summed E-state index contributed by atoms with van der Waals surface area (Å²) < 4.78 is 12.8. The second kappa shape index (κ2) is 5.01. The first-order valence-electron chi connectivity index (χ1n) is 4.33. The van der Waals surface area contributed by atoms with E-state index >= 15 is 0 Å². The molecule has 0 amide bonds. The molecule has 0 saturated carbocycles. The van der Waals surface area contributed by atoms with E-state index in [4.69, 9.17) is 5.11 Å². The van der Waals surface area contributed by atoms with Gasteiger partial charge in [-0.2, -0.15) is 0 Å². The first-order valence-corrected chi connectivity index (χ1v) is 4.33. The van der Waals surface area contributed by atoms with Crippen LogP contribution in [0.15, 0.2) is 24.3 Å². The molecule has 0 saturated heterocycles. The van der Waals surface area contributed by atoms with E-state index in [0.717, 1.165) is 18.2 Å². The van der Waals surface area contributed by atoms with Gasteiger partial charge in [0.2, 0.25) is 0 Å². The molecule has 0 aliphatic carbocycles. The lowest BCUT2D eigenvalue weighted by Crippen LogP contribution is -1.93. The average molecular weight is 225 g/mol. The number of hydrogen-bond acceptors (Lipinski definition) is 3. The van der Waals surface area contributed by atoms with E-state index in [2.05, 4.69) is 0 Å². The van der Waals surface area contributed by atoms with E-state index in [9.17, 15) is 19.3 Å². The molecular weight excluding hydrogens is 217 g/mol. The maximum atomic E-state index is 12.8. The Kier molecular flexibility index (Phi) is 3.71. The van der Waals surface area contributed by atoms with Crippen molar-refractivity contribution in [1.29, 1.82) is 0 Å². The second-order valence-corrected chi connectivity index (χ2v) is 2.96. The molecule has 0 unspecified atom stereocenters. The summed E-state index contributed by atoms with van der Waals surface area (Å²) in [5.41, 5.74) is -0.214. The Balaban J connectivity index is 3.01. The molecule has 0 bridgehead atoms. The molecule has 1 N–H and O–H groups in total. The Morgan fingerprint density at radius 1 is 1.56 bits per heavy atom. The Hall–Kier alpha value is -2.24. The molecule has 6 heteroatoms. The van der Waals surface area contributed by atoms with Crippen molar-refractivity contribution >= 4 is 17.7 Å². The van der Waals surface area contributed by atoms with E-state index in [-0.39, 0.29) is 17.7 Å². The molecule has 0 aliphatic rings. The molecule has 1 aromatic rings. The molecule has 1 aromatic carbocycles. The summed E-state index contributed by atoms with van der Waals surface area (Å²) >= 11 is 0.